The number of nitro benzene ring substituents is 1. The predicted molar refractivity (Wildman–Crippen MR) is 71.9 cm³/mol. The zero-order valence-electron chi connectivity index (χ0n) is 10.2. The van der Waals surface area contributed by atoms with Crippen LogP contribution in [0.4, 0.5) is 5.69 Å². The van der Waals surface area contributed by atoms with Crippen molar-refractivity contribution in [2.24, 2.45) is 0 Å². The van der Waals surface area contributed by atoms with Crippen LogP contribution in [0.2, 0.25) is 0 Å². The molecule has 0 aliphatic heterocycles. The Morgan fingerprint density at radius 3 is 2.67 bits per heavy atom. The Morgan fingerprint density at radius 2 is 1.94 bits per heavy atom. The third-order valence-electron chi connectivity index (χ3n) is 3.41. The van der Waals surface area contributed by atoms with E-state index in [1.807, 2.05) is 31.2 Å². The second kappa shape index (κ2) is 3.57. The monoisotopic (exact) mass is 240 g/mol. The highest BCUT2D eigenvalue weighted by molar-refractivity contribution is 6.10. The van der Waals surface area contributed by atoms with E-state index in [1.165, 1.54) is 0 Å². The number of fused-ring (bicyclic) bond motifs is 3. The van der Waals surface area contributed by atoms with Crippen LogP contribution in [-0.2, 0) is 0 Å². The number of aromatic amines is 1. The number of nitrogens with one attached hydrogen (secondary N) is 1. The molecule has 0 radical (unpaired) electrons. The molecular weight excluding hydrogens is 228 g/mol. The summed E-state index contributed by atoms with van der Waals surface area (Å²) in [6.07, 6.45) is 0. The van der Waals surface area contributed by atoms with Gasteiger partial charge >= 0.3 is 0 Å². The molecule has 0 unspecified atom stereocenters. The van der Waals surface area contributed by atoms with Crippen molar-refractivity contribution in [2.45, 2.75) is 13.8 Å². The first-order valence-corrected chi connectivity index (χ1v) is 5.74. The summed E-state index contributed by atoms with van der Waals surface area (Å²) in [6, 6.07) is 9.51. The van der Waals surface area contributed by atoms with E-state index >= 15 is 0 Å². The third kappa shape index (κ3) is 1.32. The molecule has 18 heavy (non-hydrogen) atoms. The molecule has 90 valence electrons. The first-order chi connectivity index (χ1) is 8.59. The Morgan fingerprint density at radius 1 is 1.22 bits per heavy atom. The number of aromatic nitrogens is 1. The summed E-state index contributed by atoms with van der Waals surface area (Å²) in [7, 11) is 0. The van der Waals surface area contributed by atoms with Crippen molar-refractivity contribution < 1.29 is 4.92 Å². The summed E-state index contributed by atoms with van der Waals surface area (Å²) in [5, 5.41) is 13.1. The van der Waals surface area contributed by atoms with Crippen LogP contribution < -0.4 is 0 Å². The molecule has 4 heteroatoms. The van der Waals surface area contributed by atoms with Crippen molar-refractivity contribution >= 4 is 27.5 Å². The molecule has 4 nitrogen and oxygen atoms in total. The van der Waals surface area contributed by atoms with Crippen LogP contribution in [0.1, 0.15) is 11.1 Å². The molecule has 1 N–H and O–H groups in total. The highest BCUT2D eigenvalue weighted by atomic mass is 16.6. The molecule has 1 aromatic heterocycles. The number of para-hydroxylation sites is 1. The van der Waals surface area contributed by atoms with Gasteiger partial charge in [0, 0.05) is 27.9 Å². The van der Waals surface area contributed by atoms with Crippen molar-refractivity contribution in [1.29, 1.82) is 0 Å². The number of hydrogen-bond acceptors (Lipinski definition) is 2. The first kappa shape index (κ1) is 10.8. The Labute approximate surface area is 103 Å². The van der Waals surface area contributed by atoms with Crippen molar-refractivity contribution in [2.75, 3.05) is 0 Å². The fourth-order valence-electron chi connectivity index (χ4n) is 2.53. The molecule has 2 aromatic carbocycles. The van der Waals surface area contributed by atoms with Crippen LogP contribution in [0.25, 0.3) is 21.8 Å². The second-order valence-electron chi connectivity index (χ2n) is 4.52. The molecule has 0 fully saturated rings. The van der Waals surface area contributed by atoms with Crippen LogP contribution in [0.3, 0.4) is 0 Å². The maximum absolute atomic E-state index is 11.1. The fraction of sp³-hybridized carbons (Fsp3) is 0.143. The number of H-pyrrole nitrogens is 1. The highest BCUT2D eigenvalue weighted by Crippen LogP contribution is 2.35. The molecule has 0 saturated carbocycles. The topological polar surface area (TPSA) is 58.9 Å². The van der Waals surface area contributed by atoms with Gasteiger partial charge in [0.25, 0.3) is 5.69 Å². The molecule has 0 aliphatic rings. The molecule has 0 saturated heterocycles. The number of hydrogen-bond donors (Lipinski definition) is 1. The van der Waals surface area contributed by atoms with Gasteiger partial charge < -0.3 is 4.98 Å². The van der Waals surface area contributed by atoms with Crippen LogP contribution in [0, 0.1) is 24.0 Å². The van der Waals surface area contributed by atoms with E-state index in [-0.39, 0.29) is 10.6 Å². The standard InChI is InChI=1S/C14H12N2O2/c1-8-7-12(16(17)18)9(2)13-10-5-3-4-6-11(10)15-14(8)13/h3-7,15H,1-2H3. The third-order valence-corrected chi connectivity index (χ3v) is 3.41. The quantitative estimate of drug-likeness (QED) is 0.518. The molecule has 0 bridgehead atoms. The summed E-state index contributed by atoms with van der Waals surface area (Å²) >= 11 is 0. The molecule has 0 atom stereocenters. The maximum Gasteiger partial charge on any atom is 0.273 e. The maximum atomic E-state index is 11.1. The van der Waals surface area contributed by atoms with Gasteiger partial charge in [0.05, 0.1) is 10.4 Å². The first-order valence-electron chi connectivity index (χ1n) is 5.74. The fourth-order valence-corrected chi connectivity index (χ4v) is 2.53. The lowest BCUT2D eigenvalue weighted by Crippen LogP contribution is -1.93. The number of nitro groups is 1. The zero-order chi connectivity index (χ0) is 12.9. The molecule has 1 heterocycles. The minimum absolute atomic E-state index is 0.185. The average molecular weight is 240 g/mol. The largest absolute Gasteiger partial charge is 0.354 e. The Hall–Kier alpha value is -2.36. The van der Waals surface area contributed by atoms with Crippen LogP contribution in [0.15, 0.2) is 30.3 Å². The predicted octanol–water partition coefficient (Wildman–Crippen LogP) is 3.85. The zero-order valence-corrected chi connectivity index (χ0v) is 10.2. The van der Waals surface area contributed by atoms with E-state index in [4.69, 9.17) is 0 Å². The molecule has 0 amide bonds. The van der Waals surface area contributed by atoms with Gasteiger partial charge in [-0.25, -0.2) is 0 Å². The van der Waals surface area contributed by atoms with Crippen LogP contribution >= 0.6 is 0 Å². The van der Waals surface area contributed by atoms with E-state index < -0.39 is 0 Å². The Kier molecular flexibility index (Phi) is 2.13. The van der Waals surface area contributed by atoms with E-state index in [0.29, 0.717) is 0 Å². The summed E-state index contributed by atoms with van der Waals surface area (Å²) in [5.74, 6) is 0. The molecular formula is C14H12N2O2. The van der Waals surface area contributed by atoms with Crippen molar-refractivity contribution in [3.05, 3.63) is 51.6 Å². The van der Waals surface area contributed by atoms with Gasteiger partial charge in [0.2, 0.25) is 0 Å². The number of benzene rings is 2. The number of rotatable bonds is 1. The van der Waals surface area contributed by atoms with Gasteiger partial charge in [-0.2, -0.15) is 0 Å². The average Bonchev–Trinajstić information content (AvgIpc) is 2.73. The van der Waals surface area contributed by atoms with Gasteiger partial charge in [-0.1, -0.05) is 18.2 Å². The summed E-state index contributed by atoms with van der Waals surface area (Å²) < 4.78 is 0. The molecule has 0 spiro atoms. The van der Waals surface area contributed by atoms with E-state index in [2.05, 4.69) is 4.98 Å². The Bertz CT molecular complexity index is 787. The van der Waals surface area contributed by atoms with Gasteiger partial charge in [0.15, 0.2) is 0 Å². The Balaban J connectivity index is 2.58. The van der Waals surface area contributed by atoms with Gasteiger partial charge in [0.1, 0.15) is 0 Å². The smallest absolute Gasteiger partial charge is 0.273 e. The van der Waals surface area contributed by atoms with Crippen molar-refractivity contribution in [1.82, 2.24) is 4.98 Å². The SMILES string of the molecule is Cc1cc([N+](=O)[O-])c(C)c2c1[nH]c1ccccc12. The van der Waals surface area contributed by atoms with E-state index in [1.54, 1.807) is 13.0 Å². The van der Waals surface area contributed by atoms with E-state index in [9.17, 15) is 10.1 Å². The number of nitrogens with zero attached hydrogens (tertiary/aromatic N) is 1. The lowest BCUT2D eigenvalue weighted by molar-refractivity contribution is -0.385. The van der Waals surface area contributed by atoms with Crippen molar-refractivity contribution in [3.63, 3.8) is 0 Å². The second-order valence-corrected chi connectivity index (χ2v) is 4.52. The van der Waals surface area contributed by atoms with Crippen LogP contribution in [0.5, 0.6) is 0 Å². The van der Waals surface area contributed by atoms with Gasteiger partial charge in [-0.15, -0.1) is 0 Å². The lowest BCUT2D eigenvalue weighted by atomic mass is 10.0. The normalized spacial score (nSPS) is 11.2. The summed E-state index contributed by atoms with van der Waals surface area (Å²) in [6.45, 7) is 3.70. The summed E-state index contributed by atoms with van der Waals surface area (Å²) in [5.41, 5.74) is 3.81. The lowest BCUT2D eigenvalue weighted by Gasteiger charge is -2.02. The molecule has 0 aliphatic carbocycles. The number of aryl methyl sites for hydroxylation is 2. The molecule has 3 aromatic rings. The van der Waals surface area contributed by atoms with Gasteiger partial charge in [-0.3, -0.25) is 10.1 Å². The minimum Gasteiger partial charge on any atom is -0.354 e. The molecule has 3 rings (SSSR count). The minimum atomic E-state index is -0.316. The highest BCUT2D eigenvalue weighted by Gasteiger charge is 2.18. The van der Waals surface area contributed by atoms with E-state index in [0.717, 1.165) is 32.9 Å². The van der Waals surface area contributed by atoms with Crippen LogP contribution in [-0.4, -0.2) is 9.91 Å². The van der Waals surface area contributed by atoms with Crippen molar-refractivity contribution in [3.8, 4) is 0 Å². The van der Waals surface area contributed by atoms with Gasteiger partial charge in [-0.05, 0) is 25.5 Å². The summed E-state index contributed by atoms with van der Waals surface area (Å²) in [4.78, 5) is 14.1.